The van der Waals surface area contributed by atoms with Crippen molar-refractivity contribution in [3.63, 3.8) is 0 Å². The summed E-state index contributed by atoms with van der Waals surface area (Å²) in [5, 5.41) is 13.2. The number of nitrogens with zero attached hydrogens (tertiary/aromatic N) is 2. The molecule has 1 aromatic carbocycles. The summed E-state index contributed by atoms with van der Waals surface area (Å²) in [5.41, 5.74) is 1.70. The van der Waals surface area contributed by atoms with Gasteiger partial charge >= 0.3 is 5.97 Å². The molecule has 88 valence electrons. The molecule has 0 atom stereocenters. The molecular formula is C12H12N2O3. The third-order valence-corrected chi connectivity index (χ3v) is 2.50. The summed E-state index contributed by atoms with van der Waals surface area (Å²) in [6.07, 6.45) is 1.40. The van der Waals surface area contributed by atoms with Gasteiger partial charge < -0.3 is 9.84 Å². The van der Waals surface area contributed by atoms with Gasteiger partial charge in [0.15, 0.2) is 11.4 Å². The Kier molecular flexibility index (Phi) is 2.82. The Bertz CT molecular complexity index is 561. The van der Waals surface area contributed by atoms with Crippen molar-refractivity contribution in [2.45, 2.75) is 6.92 Å². The van der Waals surface area contributed by atoms with E-state index in [1.165, 1.54) is 18.0 Å². The van der Waals surface area contributed by atoms with Gasteiger partial charge in [0.2, 0.25) is 0 Å². The molecule has 0 radical (unpaired) electrons. The zero-order chi connectivity index (χ0) is 12.4. The minimum absolute atomic E-state index is 0.0294. The van der Waals surface area contributed by atoms with E-state index >= 15 is 0 Å². The highest BCUT2D eigenvalue weighted by molar-refractivity contribution is 5.89. The first kappa shape index (κ1) is 11.2. The summed E-state index contributed by atoms with van der Waals surface area (Å²) in [7, 11) is 1.42. The molecule has 0 spiro atoms. The molecule has 1 heterocycles. The molecule has 0 aliphatic rings. The maximum absolute atomic E-state index is 11.2. The molecule has 2 aromatic rings. The number of aromatic nitrogens is 2. The minimum atomic E-state index is -1.07. The highest BCUT2D eigenvalue weighted by atomic mass is 16.5. The van der Waals surface area contributed by atoms with E-state index in [9.17, 15) is 9.90 Å². The normalized spacial score (nSPS) is 10.2. The Hall–Kier alpha value is -2.30. The number of hydrogen-bond acceptors (Lipinski definition) is 3. The summed E-state index contributed by atoms with van der Waals surface area (Å²) in [4.78, 5) is 11.2. The number of rotatable bonds is 3. The van der Waals surface area contributed by atoms with Crippen LogP contribution in [0.15, 0.2) is 30.5 Å². The summed E-state index contributed by atoms with van der Waals surface area (Å²) in [6, 6.07) is 7.44. The molecule has 1 aromatic heterocycles. The van der Waals surface area contributed by atoms with Crippen LogP contribution >= 0.6 is 0 Å². The van der Waals surface area contributed by atoms with Crippen LogP contribution in [0.2, 0.25) is 0 Å². The minimum Gasteiger partial charge on any atom is -0.493 e. The lowest BCUT2D eigenvalue weighted by Crippen LogP contribution is -2.10. The fraction of sp³-hybridized carbons (Fsp3) is 0.167. The van der Waals surface area contributed by atoms with Gasteiger partial charge in [-0.1, -0.05) is 18.2 Å². The lowest BCUT2D eigenvalue weighted by atomic mass is 10.2. The molecule has 5 heteroatoms. The average Bonchev–Trinajstić information content (AvgIpc) is 2.73. The number of ether oxygens (including phenoxy) is 1. The largest absolute Gasteiger partial charge is 0.493 e. The van der Waals surface area contributed by atoms with Crippen molar-refractivity contribution in [3.05, 3.63) is 41.7 Å². The van der Waals surface area contributed by atoms with Crippen LogP contribution in [0.3, 0.4) is 0 Å². The van der Waals surface area contributed by atoms with Crippen LogP contribution < -0.4 is 4.74 Å². The predicted octanol–water partition coefficient (Wildman–Crippen LogP) is 1.89. The fourth-order valence-electron chi connectivity index (χ4n) is 1.66. The van der Waals surface area contributed by atoms with Crippen LogP contribution in [-0.4, -0.2) is 28.0 Å². The summed E-state index contributed by atoms with van der Waals surface area (Å²) >= 11 is 0. The Labute approximate surface area is 98.3 Å². The van der Waals surface area contributed by atoms with Gasteiger partial charge in [0.05, 0.1) is 19.0 Å². The summed E-state index contributed by atoms with van der Waals surface area (Å²) in [6.45, 7) is 1.90. The second-order valence-corrected chi connectivity index (χ2v) is 3.56. The average molecular weight is 232 g/mol. The number of benzene rings is 1. The van der Waals surface area contributed by atoms with Crippen LogP contribution in [0.5, 0.6) is 5.75 Å². The fourth-order valence-corrected chi connectivity index (χ4v) is 1.66. The molecular weight excluding hydrogens is 220 g/mol. The topological polar surface area (TPSA) is 64.4 Å². The van der Waals surface area contributed by atoms with E-state index < -0.39 is 5.97 Å². The van der Waals surface area contributed by atoms with Gasteiger partial charge in [-0.05, 0) is 18.6 Å². The van der Waals surface area contributed by atoms with Crippen molar-refractivity contribution in [2.75, 3.05) is 7.11 Å². The zero-order valence-corrected chi connectivity index (χ0v) is 9.54. The number of hydrogen-bond donors (Lipinski definition) is 1. The highest BCUT2D eigenvalue weighted by Gasteiger charge is 2.20. The molecule has 0 fully saturated rings. The van der Waals surface area contributed by atoms with Crippen LogP contribution in [0.4, 0.5) is 0 Å². The number of carboxylic acid groups (broad SMARTS) is 1. The Morgan fingerprint density at radius 1 is 1.41 bits per heavy atom. The second-order valence-electron chi connectivity index (χ2n) is 3.56. The van der Waals surface area contributed by atoms with Gasteiger partial charge in [0, 0.05) is 0 Å². The Balaban J connectivity index is 2.64. The molecule has 0 amide bonds. The first-order valence-corrected chi connectivity index (χ1v) is 5.06. The summed E-state index contributed by atoms with van der Waals surface area (Å²) < 4.78 is 6.36. The van der Waals surface area contributed by atoms with Crippen molar-refractivity contribution in [3.8, 4) is 11.4 Å². The molecule has 0 aliphatic carbocycles. The number of methoxy groups -OCH3 is 1. The number of carbonyl (C=O) groups is 1. The molecule has 0 saturated carbocycles. The molecule has 0 bridgehead atoms. The lowest BCUT2D eigenvalue weighted by molar-refractivity contribution is 0.0683. The van der Waals surface area contributed by atoms with Crippen molar-refractivity contribution >= 4 is 5.97 Å². The van der Waals surface area contributed by atoms with Gasteiger partial charge in [0.25, 0.3) is 0 Å². The summed E-state index contributed by atoms with van der Waals surface area (Å²) in [5.74, 6) is -0.816. The van der Waals surface area contributed by atoms with Crippen molar-refractivity contribution in [1.29, 1.82) is 0 Å². The van der Waals surface area contributed by atoms with Crippen LogP contribution in [-0.2, 0) is 0 Å². The zero-order valence-electron chi connectivity index (χ0n) is 9.54. The van der Waals surface area contributed by atoms with E-state index in [1.807, 2.05) is 31.2 Å². The maximum atomic E-state index is 11.2. The van der Waals surface area contributed by atoms with Gasteiger partial charge in [-0.15, -0.1) is 0 Å². The molecule has 0 unspecified atom stereocenters. The molecule has 0 saturated heterocycles. The highest BCUT2D eigenvalue weighted by Crippen LogP contribution is 2.22. The van der Waals surface area contributed by atoms with E-state index in [2.05, 4.69) is 5.10 Å². The van der Waals surface area contributed by atoms with E-state index in [1.54, 1.807) is 0 Å². The Morgan fingerprint density at radius 2 is 2.12 bits per heavy atom. The molecule has 17 heavy (non-hydrogen) atoms. The quantitative estimate of drug-likeness (QED) is 0.877. The first-order valence-electron chi connectivity index (χ1n) is 5.06. The second kappa shape index (κ2) is 4.29. The molecule has 2 rings (SSSR count). The number of aromatic carboxylic acids is 1. The monoisotopic (exact) mass is 232 g/mol. The van der Waals surface area contributed by atoms with Crippen LogP contribution in [0, 0.1) is 6.92 Å². The number of carboxylic acids is 1. The molecule has 1 N–H and O–H groups in total. The van der Waals surface area contributed by atoms with Crippen molar-refractivity contribution in [1.82, 2.24) is 9.78 Å². The Morgan fingerprint density at radius 3 is 2.71 bits per heavy atom. The van der Waals surface area contributed by atoms with E-state index in [0.29, 0.717) is 0 Å². The third kappa shape index (κ3) is 1.87. The van der Waals surface area contributed by atoms with Crippen molar-refractivity contribution in [2.24, 2.45) is 0 Å². The van der Waals surface area contributed by atoms with E-state index in [-0.39, 0.29) is 11.4 Å². The standard InChI is InChI=1S/C12H12N2O3/c1-8-5-3-4-6-9(8)14-11(12(15)16)10(17-2)7-13-14/h3-7H,1-2H3,(H,15,16). The first-order chi connectivity index (χ1) is 8.15. The van der Waals surface area contributed by atoms with E-state index in [4.69, 9.17) is 4.74 Å². The predicted molar refractivity (Wildman–Crippen MR) is 61.8 cm³/mol. The van der Waals surface area contributed by atoms with Crippen LogP contribution in [0.1, 0.15) is 16.1 Å². The molecule has 5 nitrogen and oxygen atoms in total. The van der Waals surface area contributed by atoms with Gasteiger partial charge in [-0.3, -0.25) is 0 Å². The third-order valence-electron chi connectivity index (χ3n) is 2.50. The van der Waals surface area contributed by atoms with Gasteiger partial charge in [-0.25, -0.2) is 9.48 Å². The van der Waals surface area contributed by atoms with E-state index in [0.717, 1.165) is 11.3 Å². The smallest absolute Gasteiger partial charge is 0.358 e. The van der Waals surface area contributed by atoms with Crippen LogP contribution in [0.25, 0.3) is 5.69 Å². The maximum Gasteiger partial charge on any atom is 0.358 e. The molecule has 0 aliphatic heterocycles. The SMILES string of the molecule is COc1cnn(-c2ccccc2C)c1C(=O)O. The number of aryl methyl sites for hydroxylation is 1. The van der Waals surface area contributed by atoms with Gasteiger partial charge in [-0.2, -0.15) is 5.10 Å². The lowest BCUT2D eigenvalue weighted by Gasteiger charge is -2.08. The van der Waals surface area contributed by atoms with Gasteiger partial charge in [0.1, 0.15) is 0 Å². The number of para-hydroxylation sites is 1. The van der Waals surface area contributed by atoms with Crippen molar-refractivity contribution < 1.29 is 14.6 Å².